The number of aryl methyl sites for hydroxylation is 1. The Balaban J connectivity index is 1.69. The average molecular weight is 288 g/mol. The van der Waals surface area contributed by atoms with E-state index in [4.69, 9.17) is 4.52 Å². The first-order chi connectivity index (χ1) is 10.1. The van der Waals surface area contributed by atoms with Crippen LogP contribution in [0.3, 0.4) is 0 Å². The highest BCUT2D eigenvalue weighted by molar-refractivity contribution is 5.96. The van der Waals surface area contributed by atoms with Crippen molar-refractivity contribution < 1.29 is 9.32 Å². The van der Waals surface area contributed by atoms with Crippen molar-refractivity contribution in [3.8, 4) is 0 Å². The normalized spacial score (nSPS) is 16.4. The fourth-order valence-electron chi connectivity index (χ4n) is 2.62. The molecule has 1 N–H and O–H groups in total. The van der Waals surface area contributed by atoms with Gasteiger partial charge in [-0.3, -0.25) is 4.79 Å². The van der Waals surface area contributed by atoms with Gasteiger partial charge in [0.15, 0.2) is 0 Å². The second-order valence-electron chi connectivity index (χ2n) is 5.92. The summed E-state index contributed by atoms with van der Waals surface area (Å²) in [5.41, 5.74) is 1.76. The van der Waals surface area contributed by atoms with Gasteiger partial charge in [0, 0.05) is 18.8 Å². The molecule has 0 radical (unpaired) electrons. The molecule has 2 aromatic heterocycles. The van der Waals surface area contributed by atoms with E-state index in [1.54, 1.807) is 6.07 Å². The smallest absolute Gasteiger partial charge is 0.257 e. The fourth-order valence-corrected chi connectivity index (χ4v) is 2.62. The minimum Gasteiger partial charge on any atom is -0.350 e. The van der Waals surface area contributed by atoms with E-state index in [1.807, 2.05) is 6.92 Å². The molecule has 1 fully saturated rings. The second-order valence-corrected chi connectivity index (χ2v) is 5.92. The lowest BCUT2D eigenvalue weighted by Gasteiger charge is -2.24. The first kappa shape index (κ1) is 14.0. The van der Waals surface area contributed by atoms with Crippen molar-refractivity contribution in [1.82, 2.24) is 20.4 Å². The van der Waals surface area contributed by atoms with Gasteiger partial charge in [-0.25, -0.2) is 4.98 Å². The van der Waals surface area contributed by atoms with E-state index in [9.17, 15) is 4.79 Å². The summed E-state index contributed by atoms with van der Waals surface area (Å²) >= 11 is 0. The van der Waals surface area contributed by atoms with Gasteiger partial charge in [0.2, 0.25) is 0 Å². The van der Waals surface area contributed by atoms with Gasteiger partial charge < -0.3 is 14.7 Å². The SMILES string of the molecule is Cc1noc2ncc(C(=O)NC[C@H](C3CC3)N(C)C)cc12. The van der Waals surface area contributed by atoms with Gasteiger partial charge in [-0.1, -0.05) is 5.16 Å². The van der Waals surface area contributed by atoms with E-state index in [-0.39, 0.29) is 5.91 Å². The maximum Gasteiger partial charge on any atom is 0.257 e. The maximum absolute atomic E-state index is 12.3. The number of likely N-dealkylation sites (N-methyl/N-ethyl adjacent to an activating group) is 1. The van der Waals surface area contributed by atoms with Crippen molar-refractivity contribution in [3.05, 3.63) is 23.5 Å². The Kier molecular flexibility index (Phi) is 3.63. The lowest BCUT2D eigenvalue weighted by molar-refractivity contribution is 0.0938. The average Bonchev–Trinajstić information content (AvgIpc) is 3.23. The van der Waals surface area contributed by atoms with E-state index in [1.165, 1.54) is 19.0 Å². The Bertz CT molecular complexity index is 659. The first-order valence-electron chi connectivity index (χ1n) is 7.23. The number of hydrogen-bond donors (Lipinski definition) is 1. The summed E-state index contributed by atoms with van der Waals surface area (Å²) in [6.07, 6.45) is 4.04. The Hall–Kier alpha value is -1.95. The summed E-state index contributed by atoms with van der Waals surface area (Å²) in [6, 6.07) is 2.19. The molecule has 2 heterocycles. The quantitative estimate of drug-likeness (QED) is 0.905. The number of carbonyl (C=O) groups excluding carboxylic acids is 1. The fraction of sp³-hybridized carbons (Fsp3) is 0.533. The largest absolute Gasteiger partial charge is 0.350 e. The van der Waals surface area contributed by atoms with Gasteiger partial charge in [0.05, 0.1) is 16.6 Å². The molecule has 0 unspecified atom stereocenters. The van der Waals surface area contributed by atoms with Crippen LogP contribution in [0.25, 0.3) is 11.1 Å². The highest BCUT2D eigenvalue weighted by atomic mass is 16.5. The molecule has 0 aliphatic heterocycles. The maximum atomic E-state index is 12.3. The third-order valence-corrected chi connectivity index (χ3v) is 4.07. The van der Waals surface area contributed by atoms with E-state index in [0.717, 1.165) is 11.1 Å². The number of aromatic nitrogens is 2. The summed E-state index contributed by atoms with van der Waals surface area (Å²) in [7, 11) is 4.12. The zero-order chi connectivity index (χ0) is 15.0. The van der Waals surface area contributed by atoms with E-state index in [2.05, 4.69) is 34.5 Å². The van der Waals surface area contributed by atoms with Crippen LogP contribution in [0.1, 0.15) is 28.9 Å². The molecule has 0 bridgehead atoms. The zero-order valence-corrected chi connectivity index (χ0v) is 12.6. The monoisotopic (exact) mass is 288 g/mol. The molecule has 1 saturated carbocycles. The number of rotatable bonds is 5. The molecule has 0 saturated heterocycles. The lowest BCUT2D eigenvalue weighted by Crippen LogP contribution is -2.41. The van der Waals surface area contributed by atoms with Gasteiger partial charge in [0.1, 0.15) is 0 Å². The van der Waals surface area contributed by atoms with Gasteiger partial charge in [-0.2, -0.15) is 0 Å². The summed E-state index contributed by atoms with van der Waals surface area (Å²) < 4.78 is 5.05. The van der Waals surface area contributed by atoms with E-state index in [0.29, 0.717) is 29.8 Å². The Morgan fingerprint density at radius 1 is 1.52 bits per heavy atom. The summed E-state index contributed by atoms with van der Waals surface area (Å²) in [5.74, 6) is 0.610. The second kappa shape index (κ2) is 5.44. The van der Waals surface area contributed by atoms with Crippen LogP contribution in [0.2, 0.25) is 0 Å². The number of pyridine rings is 1. The van der Waals surface area contributed by atoms with E-state index < -0.39 is 0 Å². The van der Waals surface area contributed by atoms with Gasteiger partial charge >= 0.3 is 0 Å². The number of amides is 1. The predicted molar refractivity (Wildman–Crippen MR) is 79.1 cm³/mol. The van der Waals surface area contributed by atoms with Crippen molar-refractivity contribution in [2.24, 2.45) is 5.92 Å². The van der Waals surface area contributed by atoms with Crippen molar-refractivity contribution in [2.75, 3.05) is 20.6 Å². The number of carbonyl (C=O) groups is 1. The molecule has 3 rings (SSSR count). The molecule has 1 aliphatic carbocycles. The van der Waals surface area contributed by atoms with Crippen LogP contribution in [0.4, 0.5) is 0 Å². The molecule has 1 amide bonds. The number of nitrogens with one attached hydrogen (secondary N) is 1. The first-order valence-corrected chi connectivity index (χ1v) is 7.23. The topological polar surface area (TPSA) is 71.3 Å². The highest BCUT2D eigenvalue weighted by Crippen LogP contribution is 2.34. The molecule has 1 atom stereocenters. The molecular weight excluding hydrogens is 268 g/mol. The van der Waals surface area contributed by atoms with Crippen molar-refractivity contribution in [1.29, 1.82) is 0 Å². The molecule has 0 spiro atoms. The van der Waals surface area contributed by atoms with Crippen LogP contribution in [0, 0.1) is 12.8 Å². The lowest BCUT2D eigenvalue weighted by atomic mass is 10.1. The molecule has 112 valence electrons. The molecule has 6 nitrogen and oxygen atoms in total. The Morgan fingerprint density at radius 3 is 2.95 bits per heavy atom. The predicted octanol–water partition coefficient (Wildman–Crippen LogP) is 1.60. The van der Waals surface area contributed by atoms with Crippen LogP contribution in [-0.2, 0) is 0 Å². The van der Waals surface area contributed by atoms with Gasteiger partial charge in [-0.15, -0.1) is 0 Å². The molecule has 21 heavy (non-hydrogen) atoms. The number of hydrogen-bond acceptors (Lipinski definition) is 5. The summed E-state index contributed by atoms with van der Waals surface area (Å²) in [6.45, 7) is 2.50. The summed E-state index contributed by atoms with van der Waals surface area (Å²) in [5, 5.41) is 7.64. The Morgan fingerprint density at radius 2 is 2.29 bits per heavy atom. The number of nitrogens with zero attached hydrogens (tertiary/aromatic N) is 3. The molecule has 1 aliphatic rings. The highest BCUT2D eigenvalue weighted by Gasteiger charge is 2.32. The molecular formula is C15H20N4O2. The molecule has 0 aromatic carbocycles. The summed E-state index contributed by atoms with van der Waals surface area (Å²) in [4.78, 5) is 18.6. The molecule has 2 aromatic rings. The third-order valence-electron chi connectivity index (χ3n) is 4.07. The molecule has 6 heteroatoms. The van der Waals surface area contributed by atoms with Crippen LogP contribution < -0.4 is 5.32 Å². The van der Waals surface area contributed by atoms with Crippen molar-refractivity contribution in [3.63, 3.8) is 0 Å². The van der Waals surface area contributed by atoms with Crippen LogP contribution >= 0.6 is 0 Å². The minimum atomic E-state index is -0.0995. The van der Waals surface area contributed by atoms with E-state index >= 15 is 0 Å². The van der Waals surface area contributed by atoms with Gasteiger partial charge in [0.25, 0.3) is 11.6 Å². The van der Waals surface area contributed by atoms with Crippen LogP contribution in [0.5, 0.6) is 0 Å². The van der Waals surface area contributed by atoms with Crippen LogP contribution in [-0.4, -0.2) is 47.6 Å². The number of fused-ring (bicyclic) bond motifs is 1. The minimum absolute atomic E-state index is 0.0995. The van der Waals surface area contributed by atoms with Gasteiger partial charge in [-0.05, 0) is 45.8 Å². The van der Waals surface area contributed by atoms with Crippen LogP contribution in [0.15, 0.2) is 16.8 Å². The van der Waals surface area contributed by atoms with Crippen molar-refractivity contribution in [2.45, 2.75) is 25.8 Å². The van der Waals surface area contributed by atoms with Crippen molar-refractivity contribution >= 4 is 17.0 Å². The Labute approximate surface area is 123 Å². The standard InChI is InChI=1S/C15H20N4O2/c1-9-12-6-11(7-17-15(12)21-18-9)14(20)16-8-13(19(2)3)10-4-5-10/h6-7,10,13H,4-5,8H2,1-3H3,(H,16,20)/t13-/m1/s1. The third kappa shape index (κ3) is 2.90. The zero-order valence-electron chi connectivity index (χ0n) is 12.6.